The first-order valence-electron chi connectivity index (χ1n) is 4.72. The molecule has 0 amide bonds. The van der Waals surface area contributed by atoms with Crippen molar-refractivity contribution in [3.05, 3.63) is 18.0 Å². The van der Waals surface area contributed by atoms with Gasteiger partial charge in [-0.1, -0.05) is 0 Å². The van der Waals surface area contributed by atoms with Crippen LogP contribution >= 0.6 is 0 Å². The molecule has 0 radical (unpaired) electrons. The minimum atomic E-state index is -0.255. The number of hydrogen-bond acceptors (Lipinski definition) is 3. The van der Waals surface area contributed by atoms with Crippen LogP contribution in [0.4, 0.5) is 0 Å². The number of hydrogen-bond donors (Lipinski definition) is 2. The van der Waals surface area contributed by atoms with E-state index in [4.69, 9.17) is 0 Å². The highest BCUT2D eigenvalue weighted by molar-refractivity contribution is 5.16. The summed E-state index contributed by atoms with van der Waals surface area (Å²) < 4.78 is 1.89. The van der Waals surface area contributed by atoms with E-state index in [-0.39, 0.29) is 12.0 Å². The fourth-order valence-corrected chi connectivity index (χ4v) is 1.75. The fraction of sp³-hybridized carbons (Fsp3) is 0.667. The van der Waals surface area contributed by atoms with Crippen molar-refractivity contribution in [3.63, 3.8) is 0 Å². The van der Waals surface area contributed by atoms with Crippen LogP contribution in [0.5, 0.6) is 0 Å². The fourth-order valence-electron chi connectivity index (χ4n) is 1.75. The Labute approximate surface area is 77.6 Å². The van der Waals surface area contributed by atoms with Crippen LogP contribution in [0.1, 0.15) is 18.4 Å². The summed E-state index contributed by atoms with van der Waals surface area (Å²) >= 11 is 0. The third kappa shape index (κ3) is 1.59. The van der Waals surface area contributed by atoms with Gasteiger partial charge in [-0.15, -0.1) is 0 Å². The van der Waals surface area contributed by atoms with E-state index in [2.05, 4.69) is 17.3 Å². The van der Waals surface area contributed by atoms with Gasteiger partial charge in [0, 0.05) is 31.7 Å². The summed E-state index contributed by atoms with van der Waals surface area (Å²) in [6, 6.07) is 0. The molecule has 1 aromatic heterocycles. The quantitative estimate of drug-likeness (QED) is 0.672. The number of β-amino-alcohol motifs (C(OH)–C–C–N with tert-alkyl or cyclic N) is 1. The number of nitrogens with zero attached hydrogens (tertiary/aromatic N) is 2. The van der Waals surface area contributed by atoms with Gasteiger partial charge >= 0.3 is 0 Å². The summed E-state index contributed by atoms with van der Waals surface area (Å²) in [7, 11) is 0. The summed E-state index contributed by atoms with van der Waals surface area (Å²) in [6.45, 7) is 4.49. The first-order valence-corrected chi connectivity index (χ1v) is 4.72. The second-order valence-electron chi connectivity index (χ2n) is 3.46. The lowest BCUT2D eigenvalue weighted by Gasteiger charge is -2.09. The van der Waals surface area contributed by atoms with Crippen LogP contribution in [-0.2, 0) is 6.54 Å². The Bertz CT molecular complexity index is 284. The van der Waals surface area contributed by atoms with Crippen molar-refractivity contribution in [1.29, 1.82) is 0 Å². The van der Waals surface area contributed by atoms with Gasteiger partial charge < -0.3 is 10.4 Å². The Morgan fingerprint density at radius 1 is 1.69 bits per heavy atom. The highest BCUT2D eigenvalue weighted by Crippen LogP contribution is 2.21. The van der Waals surface area contributed by atoms with Crippen molar-refractivity contribution in [2.24, 2.45) is 0 Å². The lowest BCUT2D eigenvalue weighted by Crippen LogP contribution is -2.15. The maximum absolute atomic E-state index is 9.62. The molecular formula is C9H15N3O. The van der Waals surface area contributed by atoms with Gasteiger partial charge in [-0.3, -0.25) is 4.68 Å². The van der Waals surface area contributed by atoms with Gasteiger partial charge in [-0.25, -0.2) is 0 Å². The molecule has 1 aromatic rings. The van der Waals surface area contributed by atoms with E-state index in [1.165, 1.54) is 0 Å². The van der Waals surface area contributed by atoms with Crippen molar-refractivity contribution in [2.45, 2.75) is 25.5 Å². The summed E-state index contributed by atoms with van der Waals surface area (Å²) in [4.78, 5) is 0. The van der Waals surface area contributed by atoms with Gasteiger partial charge in [0.1, 0.15) is 0 Å². The maximum Gasteiger partial charge on any atom is 0.0746 e. The monoisotopic (exact) mass is 181 g/mol. The van der Waals surface area contributed by atoms with Gasteiger partial charge in [0.15, 0.2) is 0 Å². The zero-order valence-corrected chi connectivity index (χ0v) is 7.77. The molecule has 2 N–H and O–H groups in total. The standard InChI is InChI=1S/C9H15N3O/c1-2-12-6-7(3-11-12)8-4-10-5-9(8)13/h3,6,8-10,13H,2,4-5H2,1H3/t8-,9+/m0/s1. The lowest BCUT2D eigenvalue weighted by molar-refractivity contribution is 0.177. The predicted octanol–water partition coefficient (Wildman–Crippen LogP) is -0.0493. The topological polar surface area (TPSA) is 50.1 Å². The van der Waals surface area contributed by atoms with Crippen LogP contribution < -0.4 is 5.32 Å². The van der Waals surface area contributed by atoms with Crippen LogP contribution in [0, 0.1) is 0 Å². The van der Waals surface area contributed by atoms with Crippen LogP contribution in [-0.4, -0.2) is 34.1 Å². The Hall–Kier alpha value is -0.870. The summed E-state index contributed by atoms with van der Waals surface area (Å²) in [6.07, 6.45) is 3.61. The number of aromatic nitrogens is 2. The van der Waals surface area contributed by atoms with Crippen LogP contribution in [0.25, 0.3) is 0 Å². The normalized spacial score (nSPS) is 28.2. The Morgan fingerprint density at radius 3 is 3.08 bits per heavy atom. The molecule has 2 atom stereocenters. The molecule has 0 spiro atoms. The molecular weight excluding hydrogens is 166 g/mol. The average molecular weight is 181 g/mol. The molecule has 13 heavy (non-hydrogen) atoms. The maximum atomic E-state index is 9.62. The second-order valence-corrected chi connectivity index (χ2v) is 3.46. The molecule has 4 nitrogen and oxygen atoms in total. The predicted molar refractivity (Wildman–Crippen MR) is 49.5 cm³/mol. The summed E-state index contributed by atoms with van der Waals surface area (Å²) in [5.41, 5.74) is 1.14. The minimum absolute atomic E-state index is 0.222. The molecule has 2 rings (SSSR count). The van der Waals surface area contributed by atoms with Gasteiger partial charge in [0.25, 0.3) is 0 Å². The smallest absolute Gasteiger partial charge is 0.0746 e. The molecule has 1 aliphatic rings. The Balaban J connectivity index is 2.15. The number of aryl methyl sites for hydroxylation is 1. The Morgan fingerprint density at radius 2 is 2.54 bits per heavy atom. The summed E-state index contributed by atoms with van der Waals surface area (Å²) in [5, 5.41) is 17.0. The van der Waals surface area contributed by atoms with Gasteiger partial charge in [-0.2, -0.15) is 5.10 Å². The number of rotatable bonds is 2. The van der Waals surface area contributed by atoms with E-state index >= 15 is 0 Å². The first-order chi connectivity index (χ1) is 6.31. The third-order valence-corrected chi connectivity index (χ3v) is 2.59. The van der Waals surface area contributed by atoms with E-state index in [1.54, 1.807) is 0 Å². The number of aliphatic hydroxyl groups is 1. The van der Waals surface area contributed by atoms with Crippen LogP contribution in [0.2, 0.25) is 0 Å². The Kier molecular flexibility index (Phi) is 2.33. The van der Waals surface area contributed by atoms with Crippen LogP contribution in [0.15, 0.2) is 12.4 Å². The minimum Gasteiger partial charge on any atom is -0.391 e. The van der Waals surface area contributed by atoms with Crippen molar-refractivity contribution in [1.82, 2.24) is 15.1 Å². The molecule has 0 bridgehead atoms. The molecule has 0 saturated carbocycles. The molecule has 1 saturated heterocycles. The third-order valence-electron chi connectivity index (χ3n) is 2.59. The zero-order chi connectivity index (χ0) is 9.26. The summed E-state index contributed by atoms with van der Waals surface area (Å²) in [5.74, 6) is 0.222. The van der Waals surface area contributed by atoms with Gasteiger partial charge in [-0.05, 0) is 12.5 Å². The van der Waals surface area contributed by atoms with Crippen molar-refractivity contribution < 1.29 is 5.11 Å². The van der Waals surface area contributed by atoms with Crippen molar-refractivity contribution >= 4 is 0 Å². The van der Waals surface area contributed by atoms with Gasteiger partial charge in [0.05, 0.1) is 12.3 Å². The average Bonchev–Trinajstić information content (AvgIpc) is 2.71. The van der Waals surface area contributed by atoms with Gasteiger partial charge in [0.2, 0.25) is 0 Å². The van der Waals surface area contributed by atoms with Crippen molar-refractivity contribution in [2.75, 3.05) is 13.1 Å². The SMILES string of the molecule is CCn1cc([C@@H]2CNC[C@H]2O)cn1. The van der Waals surface area contributed by atoms with E-state index in [1.807, 2.05) is 17.1 Å². The first kappa shape index (κ1) is 8.72. The zero-order valence-electron chi connectivity index (χ0n) is 7.77. The van der Waals surface area contributed by atoms with E-state index in [9.17, 15) is 5.11 Å². The molecule has 4 heteroatoms. The number of nitrogens with one attached hydrogen (secondary N) is 1. The number of aliphatic hydroxyl groups excluding tert-OH is 1. The highest BCUT2D eigenvalue weighted by Gasteiger charge is 2.27. The second kappa shape index (κ2) is 3.47. The van der Waals surface area contributed by atoms with E-state index in [0.29, 0.717) is 6.54 Å². The molecule has 2 heterocycles. The van der Waals surface area contributed by atoms with Crippen molar-refractivity contribution in [3.8, 4) is 0 Å². The molecule has 1 aliphatic heterocycles. The lowest BCUT2D eigenvalue weighted by atomic mass is 10.00. The van der Waals surface area contributed by atoms with Crippen LogP contribution in [0.3, 0.4) is 0 Å². The molecule has 0 aromatic carbocycles. The molecule has 1 fully saturated rings. The molecule has 0 unspecified atom stereocenters. The highest BCUT2D eigenvalue weighted by atomic mass is 16.3. The van der Waals surface area contributed by atoms with E-state index in [0.717, 1.165) is 18.7 Å². The van der Waals surface area contributed by atoms with E-state index < -0.39 is 0 Å². The largest absolute Gasteiger partial charge is 0.391 e. The molecule has 0 aliphatic carbocycles. The molecule has 72 valence electrons.